The minimum atomic E-state index is -0.969. The molecule has 3 aromatic rings. The van der Waals surface area contributed by atoms with Crippen LogP contribution in [0.2, 0.25) is 0 Å². The highest BCUT2D eigenvalue weighted by Crippen LogP contribution is 2.42. The number of anilines is 1. The number of hydrogen-bond donors (Lipinski definition) is 1. The smallest absolute Gasteiger partial charge is 0.300 e. The molecule has 0 spiro atoms. The minimum Gasteiger partial charge on any atom is -0.507 e. The number of furan rings is 1. The maximum absolute atomic E-state index is 13.3. The van der Waals surface area contributed by atoms with Gasteiger partial charge in [-0.15, -0.1) is 0 Å². The highest BCUT2D eigenvalue weighted by Gasteiger charge is 2.48. The monoisotopic (exact) mass is 407 g/mol. The lowest BCUT2D eigenvalue weighted by atomic mass is 9.99. The van der Waals surface area contributed by atoms with Crippen LogP contribution in [0.15, 0.2) is 76.9 Å². The van der Waals surface area contributed by atoms with E-state index >= 15 is 0 Å². The molecule has 1 aliphatic heterocycles. The van der Waals surface area contributed by atoms with Crippen molar-refractivity contribution in [1.29, 1.82) is 0 Å². The van der Waals surface area contributed by atoms with E-state index in [1.54, 1.807) is 36.4 Å². The molecule has 1 aromatic heterocycles. The highest BCUT2D eigenvalue weighted by molar-refractivity contribution is 6.51. The van der Waals surface area contributed by atoms with Crippen LogP contribution in [0.5, 0.6) is 5.75 Å². The highest BCUT2D eigenvalue weighted by atomic mass is 19.1. The maximum atomic E-state index is 13.3. The molecule has 1 amide bonds. The summed E-state index contributed by atoms with van der Waals surface area (Å²) in [5, 5.41) is 10.8. The van der Waals surface area contributed by atoms with Crippen LogP contribution in [-0.2, 0) is 9.59 Å². The Hall–Kier alpha value is -3.87. The molecule has 1 saturated heterocycles. The standard InChI is InChI=1S/C23H18FNO5/c1-2-29-17-11-9-16(10-12-17)25-20(18-4-3-13-30-18)19(22(27)23(25)28)21(26)14-5-7-15(24)8-6-14/h3-13,20,26H,2H2,1H3/b21-19-. The summed E-state index contributed by atoms with van der Waals surface area (Å²) in [6.45, 7) is 2.35. The minimum absolute atomic E-state index is 0.129. The summed E-state index contributed by atoms with van der Waals surface area (Å²) in [4.78, 5) is 27.1. The van der Waals surface area contributed by atoms with Crippen molar-refractivity contribution in [2.24, 2.45) is 0 Å². The van der Waals surface area contributed by atoms with Crippen LogP contribution >= 0.6 is 0 Å². The van der Waals surface area contributed by atoms with Gasteiger partial charge in [-0.25, -0.2) is 4.39 Å². The Balaban J connectivity index is 1.85. The zero-order valence-corrected chi connectivity index (χ0v) is 16.0. The second kappa shape index (κ2) is 7.87. The molecule has 4 rings (SSSR count). The first-order valence-electron chi connectivity index (χ1n) is 9.34. The van der Waals surface area contributed by atoms with Gasteiger partial charge in [0, 0.05) is 11.3 Å². The van der Waals surface area contributed by atoms with E-state index in [4.69, 9.17) is 9.15 Å². The van der Waals surface area contributed by atoms with Gasteiger partial charge < -0.3 is 14.3 Å². The Labute approximate surface area is 171 Å². The molecule has 0 aliphatic carbocycles. The van der Waals surface area contributed by atoms with Gasteiger partial charge in [-0.1, -0.05) is 0 Å². The molecular formula is C23H18FNO5. The number of Topliss-reactive ketones (excluding diaryl/α,β-unsaturated/α-hetero) is 1. The van der Waals surface area contributed by atoms with Crippen LogP contribution in [0.4, 0.5) is 10.1 Å². The number of rotatable bonds is 5. The van der Waals surface area contributed by atoms with Gasteiger partial charge in [0.25, 0.3) is 11.7 Å². The summed E-state index contributed by atoms with van der Waals surface area (Å²) in [6.07, 6.45) is 1.42. The maximum Gasteiger partial charge on any atom is 0.300 e. The Bertz CT molecular complexity index is 1100. The number of nitrogens with zero attached hydrogens (tertiary/aromatic N) is 1. The zero-order valence-electron chi connectivity index (χ0n) is 16.0. The topological polar surface area (TPSA) is 80.0 Å². The van der Waals surface area contributed by atoms with E-state index in [-0.39, 0.29) is 11.1 Å². The van der Waals surface area contributed by atoms with Crippen LogP contribution < -0.4 is 9.64 Å². The summed E-state index contributed by atoms with van der Waals surface area (Å²) in [7, 11) is 0. The predicted molar refractivity (Wildman–Crippen MR) is 108 cm³/mol. The molecule has 152 valence electrons. The van der Waals surface area contributed by atoms with Gasteiger partial charge in [0.2, 0.25) is 0 Å². The van der Waals surface area contributed by atoms with E-state index in [9.17, 15) is 19.1 Å². The lowest BCUT2D eigenvalue weighted by Gasteiger charge is -2.23. The molecule has 30 heavy (non-hydrogen) atoms. The van der Waals surface area contributed by atoms with E-state index in [0.717, 1.165) is 0 Å². The lowest BCUT2D eigenvalue weighted by molar-refractivity contribution is -0.132. The largest absolute Gasteiger partial charge is 0.507 e. The number of aliphatic hydroxyl groups is 1. The number of halogens is 1. The third-order valence-corrected chi connectivity index (χ3v) is 4.80. The van der Waals surface area contributed by atoms with Gasteiger partial charge in [-0.3, -0.25) is 14.5 Å². The van der Waals surface area contributed by atoms with Crippen molar-refractivity contribution >= 4 is 23.1 Å². The lowest BCUT2D eigenvalue weighted by Crippen LogP contribution is -2.29. The first-order chi connectivity index (χ1) is 14.5. The Morgan fingerprint density at radius 3 is 2.40 bits per heavy atom. The molecule has 1 fully saturated rings. The van der Waals surface area contributed by atoms with Crippen LogP contribution in [-0.4, -0.2) is 23.4 Å². The fraction of sp³-hybridized carbons (Fsp3) is 0.130. The molecular weight excluding hydrogens is 389 g/mol. The van der Waals surface area contributed by atoms with Gasteiger partial charge >= 0.3 is 0 Å². The molecule has 7 heteroatoms. The van der Waals surface area contributed by atoms with E-state index in [1.165, 1.54) is 35.4 Å². The molecule has 6 nitrogen and oxygen atoms in total. The SMILES string of the molecule is CCOc1ccc(N2C(=O)C(=O)/C(=C(\O)c3ccc(F)cc3)C2c2ccco2)cc1. The van der Waals surface area contributed by atoms with Crippen LogP contribution in [0.1, 0.15) is 24.3 Å². The Morgan fingerprint density at radius 1 is 1.10 bits per heavy atom. The molecule has 0 saturated carbocycles. The Kier molecular flexibility index (Phi) is 5.10. The average molecular weight is 407 g/mol. The summed E-state index contributed by atoms with van der Waals surface area (Å²) in [5.74, 6) is -1.60. The molecule has 1 aliphatic rings. The van der Waals surface area contributed by atoms with Gasteiger partial charge in [0.05, 0.1) is 18.4 Å². The summed E-state index contributed by atoms with van der Waals surface area (Å²) in [5.41, 5.74) is 0.535. The van der Waals surface area contributed by atoms with E-state index in [0.29, 0.717) is 23.8 Å². The molecule has 2 heterocycles. The molecule has 1 atom stereocenters. The van der Waals surface area contributed by atoms with E-state index in [1.807, 2.05) is 6.92 Å². The van der Waals surface area contributed by atoms with Crippen molar-refractivity contribution in [2.75, 3.05) is 11.5 Å². The fourth-order valence-corrected chi connectivity index (χ4v) is 3.45. The number of hydrogen-bond acceptors (Lipinski definition) is 5. The first kappa shape index (κ1) is 19.4. The van der Waals surface area contributed by atoms with Crippen molar-refractivity contribution in [1.82, 2.24) is 0 Å². The van der Waals surface area contributed by atoms with Crippen molar-refractivity contribution < 1.29 is 28.2 Å². The fourth-order valence-electron chi connectivity index (χ4n) is 3.45. The van der Waals surface area contributed by atoms with Crippen molar-refractivity contribution in [3.63, 3.8) is 0 Å². The number of benzene rings is 2. The summed E-state index contributed by atoms with van der Waals surface area (Å²) in [6, 6.07) is 14.0. The van der Waals surface area contributed by atoms with Crippen molar-refractivity contribution in [3.05, 3.63) is 89.6 Å². The Morgan fingerprint density at radius 2 is 1.80 bits per heavy atom. The summed E-state index contributed by atoms with van der Waals surface area (Å²) >= 11 is 0. The number of ether oxygens (including phenoxy) is 1. The third-order valence-electron chi connectivity index (χ3n) is 4.80. The van der Waals surface area contributed by atoms with Crippen LogP contribution in [0.3, 0.4) is 0 Å². The van der Waals surface area contributed by atoms with E-state index in [2.05, 4.69) is 0 Å². The van der Waals surface area contributed by atoms with E-state index < -0.39 is 29.3 Å². The molecule has 1 N–H and O–H groups in total. The van der Waals surface area contributed by atoms with Crippen LogP contribution in [0.25, 0.3) is 5.76 Å². The second-order valence-corrected chi connectivity index (χ2v) is 6.62. The first-order valence-corrected chi connectivity index (χ1v) is 9.34. The number of amides is 1. The molecule has 2 aromatic carbocycles. The van der Waals surface area contributed by atoms with Gasteiger partial charge in [-0.2, -0.15) is 0 Å². The number of ketones is 1. The van der Waals surface area contributed by atoms with Gasteiger partial charge in [0.1, 0.15) is 29.1 Å². The van der Waals surface area contributed by atoms with Gasteiger partial charge in [-0.05, 0) is 67.6 Å². The average Bonchev–Trinajstić information content (AvgIpc) is 3.36. The third kappa shape index (κ3) is 3.34. The second-order valence-electron chi connectivity index (χ2n) is 6.62. The van der Waals surface area contributed by atoms with Gasteiger partial charge in [0.15, 0.2) is 0 Å². The number of carbonyl (C=O) groups excluding carboxylic acids is 2. The number of carbonyl (C=O) groups is 2. The van der Waals surface area contributed by atoms with Crippen LogP contribution in [0, 0.1) is 5.82 Å². The zero-order chi connectivity index (χ0) is 21.3. The predicted octanol–water partition coefficient (Wildman–Crippen LogP) is 4.44. The number of aliphatic hydroxyl groups excluding tert-OH is 1. The molecule has 0 radical (unpaired) electrons. The molecule has 0 bridgehead atoms. The molecule has 1 unspecified atom stereocenters. The normalized spacial score (nSPS) is 18.1. The quantitative estimate of drug-likeness (QED) is 0.384. The van der Waals surface area contributed by atoms with Crippen molar-refractivity contribution in [2.45, 2.75) is 13.0 Å². The summed E-state index contributed by atoms with van der Waals surface area (Å²) < 4.78 is 24.2. The van der Waals surface area contributed by atoms with Crippen molar-refractivity contribution in [3.8, 4) is 5.75 Å².